The summed E-state index contributed by atoms with van der Waals surface area (Å²) in [4.78, 5) is 35.6. The summed E-state index contributed by atoms with van der Waals surface area (Å²) in [6, 6.07) is 0.0963. The zero-order chi connectivity index (χ0) is 17.1. The van der Waals surface area contributed by atoms with Gasteiger partial charge >= 0.3 is 0 Å². The molecule has 2 aromatic heterocycles. The molecule has 0 saturated carbocycles. The van der Waals surface area contributed by atoms with Gasteiger partial charge in [0.25, 0.3) is 5.56 Å². The molecule has 7 nitrogen and oxygen atoms in total. The van der Waals surface area contributed by atoms with Crippen LogP contribution in [0.1, 0.15) is 39.5 Å². The van der Waals surface area contributed by atoms with Gasteiger partial charge in [-0.15, -0.1) is 0 Å². The van der Waals surface area contributed by atoms with Gasteiger partial charge in [-0.25, -0.2) is 4.98 Å². The molecule has 0 aromatic carbocycles. The predicted octanol–water partition coefficient (Wildman–Crippen LogP) is 1.76. The van der Waals surface area contributed by atoms with E-state index < -0.39 is 0 Å². The van der Waals surface area contributed by atoms with Gasteiger partial charge in [0.15, 0.2) is 10.8 Å². The van der Waals surface area contributed by atoms with Crippen molar-refractivity contribution in [2.45, 2.75) is 52.1 Å². The van der Waals surface area contributed by atoms with E-state index in [1.807, 2.05) is 13.8 Å². The lowest BCUT2D eigenvalue weighted by Crippen LogP contribution is -2.37. The van der Waals surface area contributed by atoms with Crippen LogP contribution >= 0.6 is 11.3 Å². The Bertz CT molecular complexity index is 778. The third kappa shape index (κ3) is 3.58. The number of nitrogens with one attached hydrogen (secondary N) is 1. The molecular formula is C16H23N5O2S. The van der Waals surface area contributed by atoms with Gasteiger partial charge in [-0.05, 0) is 32.6 Å². The number of aromatic nitrogens is 3. The van der Waals surface area contributed by atoms with E-state index >= 15 is 0 Å². The number of carbonyl (C=O) groups excluding carboxylic acids is 1. The fourth-order valence-corrected chi connectivity index (χ4v) is 3.77. The Morgan fingerprint density at radius 1 is 1.38 bits per heavy atom. The fourth-order valence-electron chi connectivity index (χ4n) is 2.75. The maximum Gasteiger partial charge on any atom is 0.273 e. The van der Waals surface area contributed by atoms with Crippen LogP contribution in [0.25, 0.3) is 10.3 Å². The Labute approximate surface area is 144 Å². The van der Waals surface area contributed by atoms with E-state index in [-0.39, 0.29) is 24.1 Å². The summed E-state index contributed by atoms with van der Waals surface area (Å²) in [5.41, 5.74) is 0.282. The molecule has 1 aliphatic rings. The van der Waals surface area contributed by atoms with Gasteiger partial charge in [0, 0.05) is 19.1 Å². The smallest absolute Gasteiger partial charge is 0.273 e. The lowest BCUT2D eigenvalue weighted by atomic mass is 10.1. The van der Waals surface area contributed by atoms with E-state index in [1.165, 1.54) is 28.7 Å². The number of rotatable bonds is 5. The highest BCUT2D eigenvalue weighted by atomic mass is 32.1. The molecule has 0 bridgehead atoms. The van der Waals surface area contributed by atoms with Gasteiger partial charge in [0.05, 0.1) is 0 Å². The van der Waals surface area contributed by atoms with Crippen LogP contribution in [-0.4, -0.2) is 39.6 Å². The summed E-state index contributed by atoms with van der Waals surface area (Å²) < 4.78 is 1.88. The van der Waals surface area contributed by atoms with Crippen LogP contribution in [0.2, 0.25) is 0 Å². The number of hydrogen-bond acceptors (Lipinski definition) is 6. The summed E-state index contributed by atoms with van der Waals surface area (Å²) in [6.45, 7) is 5.89. The van der Waals surface area contributed by atoms with Crippen molar-refractivity contribution in [3.8, 4) is 0 Å². The van der Waals surface area contributed by atoms with Crippen molar-refractivity contribution < 1.29 is 4.79 Å². The van der Waals surface area contributed by atoms with Crippen LogP contribution in [0.4, 0.5) is 5.13 Å². The third-order valence-electron chi connectivity index (χ3n) is 4.33. The summed E-state index contributed by atoms with van der Waals surface area (Å²) in [7, 11) is 0. The van der Waals surface area contributed by atoms with Crippen molar-refractivity contribution in [3.05, 3.63) is 16.7 Å². The highest BCUT2D eigenvalue weighted by Crippen LogP contribution is 2.27. The number of thiazole rings is 1. The van der Waals surface area contributed by atoms with E-state index in [0.29, 0.717) is 10.3 Å². The molecule has 1 N–H and O–H groups in total. The zero-order valence-corrected chi connectivity index (χ0v) is 14.9. The number of anilines is 1. The first-order chi connectivity index (χ1) is 11.6. The van der Waals surface area contributed by atoms with E-state index in [0.717, 1.165) is 37.5 Å². The Hall–Kier alpha value is -1.96. The van der Waals surface area contributed by atoms with Crippen molar-refractivity contribution in [1.82, 2.24) is 19.9 Å². The van der Waals surface area contributed by atoms with Crippen LogP contribution in [0.15, 0.2) is 11.1 Å². The van der Waals surface area contributed by atoms with Crippen molar-refractivity contribution in [3.63, 3.8) is 0 Å². The number of hydrogen-bond donors (Lipinski definition) is 1. The monoisotopic (exact) mass is 349 g/mol. The molecule has 1 aliphatic heterocycles. The van der Waals surface area contributed by atoms with E-state index in [2.05, 4.69) is 20.2 Å². The normalized spacial score (nSPS) is 16.3. The van der Waals surface area contributed by atoms with Crippen LogP contribution < -0.4 is 15.8 Å². The average molecular weight is 349 g/mol. The minimum Gasteiger partial charge on any atom is -0.352 e. The molecule has 3 heterocycles. The molecule has 1 saturated heterocycles. The molecule has 24 heavy (non-hydrogen) atoms. The van der Waals surface area contributed by atoms with Gasteiger partial charge in [0.1, 0.15) is 17.6 Å². The Morgan fingerprint density at radius 3 is 2.83 bits per heavy atom. The van der Waals surface area contributed by atoms with E-state index in [9.17, 15) is 9.59 Å². The van der Waals surface area contributed by atoms with Crippen molar-refractivity contribution >= 4 is 32.7 Å². The topological polar surface area (TPSA) is 80.1 Å². The van der Waals surface area contributed by atoms with Gasteiger partial charge in [0.2, 0.25) is 5.91 Å². The number of piperidine rings is 1. The lowest BCUT2D eigenvalue weighted by Gasteiger charge is -2.25. The molecule has 0 spiro atoms. The molecule has 3 rings (SSSR count). The van der Waals surface area contributed by atoms with Gasteiger partial charge in [-0.1, -0.05) is 18.3 Å². The second-order valence-corrected chi connectivity index (χ2v) is 7.23. The molecule has 1 amide bonds. The quantitative estimate of drug-likeness (QED) is 0.890. The second kappa shape index (κ2) is 7.29. The van der Waals surface area contributed by atoms with E-state index in [1.54, 1.807) is 0 Å². The molecule has 1 fully saturated rings. The number of amides is 1. The Balaban J connectivity index is 1.82. The highest BCUT2D eigenvalue weighted by molar-refractivity contribution is 7.22. The van der Waals surface area contributed by atoms with Gasteiger partial charge in [-0.3, -0.25) is 14.2 Å². The number of fused-ring (bicyclic) bond motifs is 1. The Morgan fingerprint density at radius 2 is 2.12 bits per heavy atom. The van der Waals surface area contributed by atoms with Gasteiger partial charge < -0.3 is 10.2 Å². The molecular weight excluding hydrogens is 326 g/mol. The first-order valence-corrected chi connectivity index (χ1v) is 9.30. The predicted molar refractivity (Wildman–Crippen MR) is 95.6 cm³/mol. The van der Waals surface area contributed by atoms with Crippen LogP contribution in [0.3, 0.4) is 0 Å². The molecule has 1 atom stereocenters. The maximum absolute atomic E-state index is 12.6. The summed E-state index contributed by atoms with van der Waals surface area (Å²) >= 11 is 1.38. The molecule has 2 aromatic rings. The molecule has 0 radical (unpaired) electrons. The minimum absolute atomic E-state index is 0.0109. The van der Waals surface area contributed by atoms with Crippen LogP contribution in [0.5, 0.6) is 0 Å². The molecule has 130 valence electrons. The van der Waals surface area contributed by atoms with Crippen LogP contribution in [-0.2, 0) is 11.3 Å². The SMILES string of the molecule is CCC(C)NC(=O)Cn1cnc2nc(N3CCCCC3)sc2c1=O. The summed E-state index contributed by atoms with van der Waals surface area (Å²) in [6.07, 6.45) is 5.83. The first kappa shape index (κ1) is 16.9. The standard InChI is InChI=1S/C16H23N5O2S/c1-3-11(2)18-12(22)9-21-10-17-14-13(15(21)23)24-16(19-14)20-7-5-4-6-8-20/h10-11H,3-9H2,1-2H3,(H,18,22). The minimum atomic E-state index is -0.194. The van der Waals surface area contributed by atoms with E-state index in [4.69, 9.17) is 0 Å². The first-order valence-electron chi connectivity index (χ1n) is 8.48. The molecule has 1 unspecified atom stereocenters. The average Bonchev–Trinajstić information content (AvgIpc) is 3.03. The molecule has 8 heteroatoms. The van der Waals surface area contributed by atoms with Gasteiger partial charge in [-0.2, -0.15) is 4.98 Å². The third-order valence-corrected chi connectivity index (χ3v) is 5.43. The van der Waals surface area contributed by atoms with Crippen LogP contribution in [0, 0.1) is 0 Å². The summed E-state index contributed by atoms with van der Waals surface area (Å²) in [5.74, 6) is -0.173. The zero-order valence-electron chi connectivity index (χ0n) is 14.1. The molecule has 0 aliphatic carbocycles. The fraction of sp³-hybridized carbons (Fsp3) is 0.625. The Kier molecular flexibility index (Phi) is 5.13. The lowest BCUT2D eigenvalue weighted by molar-refractivity contribution is -0.122. The second-order valence-electron chi connectivity index (χ2n) is 6.25. The number of carbonyl (C=O) groups is 1. The largest absolute Gasteiger partial charge is 0.352 e. The van der Waals surface area contributed by atoms with Crippen molar-refractivity contribution in [2.75, 3.05) is 18.0 Å². The summed E-state index contributed by atoms with van der Waals surface area (Å²) in [5, 5.41) is 3.72. The number of nitrogens with zero attached hydrogens (tertiary/aromatic N) is 4. The maximum atomic E-state index is 12.6. The highest BCUT2D eigenvalue weighted by Gasteiger charge is 2.18. The van der Waals surface area contributed by atoms with Crippen molar-refractivity contribution in [2.24, 2.45) is 0 Å². The van der Waals surface area contributed by atoms with Crippen molar-refractivity contribution in [1.29, 1.82) is 0 Å².